The number of aryl methyl sites for hydroxylation is 1. The Bertz CT molecular complexity index is 1900. The molecule has 5 aromatic rings. The molecule has 1 aliphatic carbocycles. The molecule has 0 saturated heterocycles. The maximum Gasteiger partial charge on any atom is 0.338 e. The molecule has 2 heterocycles. The lowest BCUT2D eigenvalue weighted by molar-refractivity contribution is 0.0480. The van der Waals surface area contributed by atoms with Crippen molar-refractivity contribution in [2.75, 3.05) is 11.5 Å². The number of carbonyl (C=O) groups excluding carboxylic acids is 1. The minimum Gasteiger partial charge on any atom is -0.462 e. The maximum absolute atomic E-state index is 12.9. The van der Waals surface area contributed by atoms with E-state index >= 15 is 0 Å². The van der Waals surface area contributed by atoms with E-state index in [0.717, 1.165) is 29.0 Å². The summed E-state index contributed by atoms with van der Waals surface area (Å²) in [6, 6.07) is 38.3. The summed E-state index contributed by atoms with van der Waals surface area (Å²) in [5, 5.41) is 1.44. The summed E-state index contributed by atoms with van der Waals surface area (Å²) in [6.07, 6.45) is 0.754. The predicted octanol–water partition coefficient (Wildman–Crippen LogP) is 8.40. The van der Waals surface area contributed by atoms with Crippen LogP contribution in [0.1, 0.15) is 43.7 Å². The zero-order valence-corrected chi connectivity index (χ0v) is 25.5. The highest BCUT2D eigenvalue weighted by Crippen LogP contribution is 2.63. The first-order valence-corrected chi connectivity index (χ1v) is 18.3. The zero-order chi connectivity index (χ0) is 28.8. The molecule has 1 spiro atoms. The van der Waals surface area contributed by atoms with E-state index in [0.29, 0.717) is 12.2 Å². The number of ether oxygens (including phenoxy) is 1. The number of rotatable bonds is 2. The van der Waals surface area contributed by atoms with Crippen molar-refractivity contribution in [2.45, 2.75) is 38.4 Å². The molecule has 0 saturated carbocycles. The van der Waals surface area contributed by atoms with Crippen molar-refractivity contribution < 1.29 is 9.53 Å². The van der Waals surface area contributed by atoms with Crippen LogP contribution in [0, 0.1) is 6.92 Å². The highest BCUT2D eigenvalue weighted by atomic mass is 28.3. The molecule has 0 N–H and O–H groups in total. The zero-order valence-electron chi connectivity index (χ0n) is 24.5. The Morgan fingerprint density at radius 2 is 1.33 bits per heavy atom. The molecule has 206 valence electrons. The monoisotopic (exact) mass is 563 g/mol. The number of anilines is 3. The number of benzene rings is 5. The third-order valence-electron chi connectivity index (χ3n) is 9.43. The molecular formula is C38H33NO2Si. The molecule has 4 heteroatoms. The van der Waals surface area contributed by atoms with Crippen molar-refractivity contribution in [1.82, 2.24) is 0 Å². The maximum atomic E-state index is 12.9. The lowest BCUT2D eigenvalue weighted by Crippen LogP contribution is -2.42. The third kappa shape index (κ3) is 3.36. The number of hydrogen-bond donors (Lipinski definition) is 0. The van der Waals surface area contributed by atoms with Crippen LogP contribution in [-0.2, 0) is 16.6 Å². The van der Waals surface area contributed by atoms with E-state index in [1.807, 2.05) is 6.07 Å². The van der Waals surface area contributed by atoms with Gasteiger partial charge in [-0.2, -0.15) is 0 Å². The smallest absolute Gasteiger partial charge is 0.338 e. The second-order valence-corrected chi connectivity index (χ2v) is 18.0. The molecule has 0 fully saturated rings. The van der Waals surface area contributed by atoms with Gasteiger partial charge in [0.25, 0.3) is 0 Å². The first kappa shape index (κ1) is 25.3. The number of carbonyl (C=O) groups is 1. The second kappa shape index (κ2) is 8.79. The van der Waals surface area contributed by atoms with Gasteiger partial charge in [-0.25, -0.2) is 4.79 Å². The summed E-state index contributed by atoms with van der Waals surface area (Å²) >= 11 is 0. The molecule has 8 rings (SSSR count). The van der Waals surface area contributed by atoms with Gasteiger partial charge in [0.1, 0.15) is 0 Å². The average molecular weight is 564 g/mol. The lowest BCUT2D eigenvalue weighted by atomic mass is 9.64. The second-order valence-electron chi connectivity index (χ2n) is 12.9. The van der Waals surface area contributed by atoms with Gasteiger partial charge >= 0.3 is 5.97 Å². The molecule has 5 aromatic carbocycles. The van der Waals surface area contributed by atoms with Gasteiger partial charge in [-0.15, -0.1) is 0 Å². The van der Waals surface area contributed by atoms with Crippen molar-refractivity contribution in [2.24, 2.45) is 0 Å². The summed E-state index contributed by atoms with van der Waals surface area (Å²) in [5.74, 6) is -0.233. The Hall–Kier alpha value is -4.41. The fraction of sp³-hybridized carbons (Fsp3) is 0.184. The summed E-state index contributed by atoms with van der Waals surface area (Å²) in [7, 11) is -1.66. The Kier molecular flexibility index (Phi) is 5.30. The number of hydrogen-bond acceptors (Lipinski definition) is 3. The Morgan fingerprint density at radius 3 is 2.02 bits per heavy atom. The Morgan fingerprint density at radius 1 is 0.690 bits per heavy atom. The van der Waals surface area contributed by atoms with E-state index in [1.165, 1.54) is 44.1 Å². The van der Waals surface area contributed by atoms with E-state index in [2.05, 4.69) is 129 Å². The van der Waals surface area contributed by atoms with Crippen LogP contribution in [0.15, 0.2) is 103 Å². The van der Waals surface area contributed by atoms with E-state index in [4.69, 9.17) is 4.74 Å². The first-order valence-electron chi connectivity index (χ1n) is 14.8. The van der Waals surface area contributed by atoms with E-state index in [-0.39, 0.29) is 5.97 Å². The highest BCUT2D eigenvalue weighted by molar-refractivity contribution is 6.88. The Labute approximate surface area is 248 Å². The van der Waals surface area contributed by atoms with Gasteiger partial charge in [0.05, 0.1) is 37.0 Å². The predicted molar refractivity (Wildman–Crippen MR) is 174 cm³/mol. The molecule has 0 amide bonds. The standard InChI is InChI=1S/C38H33NO2Si/c1-24-13-17-35-33(21-24)38(31-11-7-5-9-28(31)29-10-6-8-12-32(29)38)34-23-27(42(2,3)4)16-18-36(34)39(35)26-15-14-25-19-20-41-37(40)30(25)22-26/h5-18,21-23H,19-20H2,1-4H3. The number of cyclic esters (lactones) is 1. The summed E-state index contributed by atoms with van der Waals surface area (Å²) < 4.78 is 5.46. The van der Waals surface area contributed by atoms with Crippen LogP contribution in [-0.4, -0.2) is 20.7 Å². The van der Waals surface area contributed by atoms with E-state index < -0.39 is 13.5 Å². The molecule has 0 radical (unpaired) electrons. The minimum absolute atomic E-state index is 0.233. The largest absolute Gasteiger partial charge is 0.462 e. The van der Waals surface area contributed by atoms with Gasteiger partial charge < -0.3 is 9.64 Å². The van der Waals surface area contributed by atoms with E-state index in [1.54, 1.807) is 0 Å². The van der Waals surface area contributed by atoms with Crippen LogP contribution >= 0.6 is 0 Å². The summed E-state index contributed by atoms with van der Waals surface area (Å²) in [6.45, 7) is 9.90. The van der Waals surface area contributed by atoms with Gasteiger partial charge in [0, 0.05) is 12.1 Å². The number of esters is 1. The van der Waals surface area contributed by atoms with Crippen LogP contribution in [0.2, 0.25) is 19.6 Å². The number of nitrogens with zero attached hydrogens (tertiary/aromatic N) is 1. The average Bonchev–Trinajstić information content (AvgIpc) is 3.28. The lowest BCUT2D eigenvalue weighted by Gasteiger charge is -2.46. The summed E-state index contributed by atoms with van der Waals surface area (Å²) in [5.41, 5.74) is 13.6. The van der Waals surface area contributed by atoms with Gasteiger partial charge in [0.15, 0.2) is 0 Å². The molecule has 0 aromatic heterocycles. The fourth-order valence-electron chi connectivity index (χ4n) is 7.45. The van der Waals surface area contributed by atoms with Gasteiger partial charge in [-0.05, 0) is 70.1 Å². The van der Waals surface area contributed by atoms with Crippen LogP contribution in [0.5, 0.6) is 0 Å². The molecule has 0 bridgehead atoms. The molecular weight excluding hydrogens is 531 g/mol. The SMILES string of the molecule is Cc1ccc2c(c1)C1(c3ccccc3-c3ccccc31)c1cc([Si](C)(C)C)ccc1N2c1ccc2c(c1)C(=O)OCC2. The van der Waals surface area contributed by atoms with Gasteiger partial charge in [-0.3, -0.25) is 0 Å². The molecule has 3 nitrogen and oxygen atoms in total. The number of fused-ring (bicyclic) bond motifs is 10. The third-order valence-corrected chi connectivity index (χ3v) is 11.5. The molecule has 2 aliphatic heterocycles. The van der Waals surface area contributed by atoms with Crippen molar-refractivity contribution >= 4 is 36.3 Å². The van der Waals surface area contributed by atoms with Gasteiger partial charge in [-0.1, -0.05) is 109 Å². The van der Waals surface area contributed by atoms with Crippen molar-refractivity contribution in [1.29, 1.82) is 0 Å². The molecule has 0 atom stereocenters. The molecule has 3 aliphatic rings. The van der Waals surface area contributed by atoms with Crippen LogP contribution < -0.4 is 10.1 Å². The normalized spacial score (nSPS) is 15.8. The van der Waals surface area contributed by atoms with Crippen molar-refractivity contribution in [3.05, 3.63) is 142 Å². The fourth-order valence-corrected chi connectivity index (χ4v) is 8.62. The van der Waals surface area contributed by atoms with Crippen molar-refractivity contribution in [3.63, 3.8) is 0 Å². The quantitative estimate of drug-likeness (QED) is 0.156. The van der Waals surface area contributed by atoms with Crippen LogP contribution in [0.3, 0.4) is 0 Å². The topological polar surface area (TPSA) is 29.5 Å². The minimum atomic E-state index is -1.66. The van der Waals surface area contributed by atoms with Crippen LogP contribution in [0.25, 0.3) is 11.1 Å². The highest BCUT2D eigenvalue weighted by Gasteiger charge is 2.52. The molecule has 0 unspecified atom stereocenters. The van der Waals surface area contributed by atoms with Gasteiger partial charge in [0.2, 0.25) is 0 Å². The Balaban J connectivity index is 1.52. The first-order chi connectivity index (χ1) is 20.3. The van der Waals surface area contributed by atoms with Crippen molar-refractivity contribution in [3.8, 4) is 11.1 Å². The van der Waals surface area contributed by atoms with Crippen LogP contribution in [0.4, 0.5) is 17.1 Å². The van der Waals surface area contributed by atoms with E-state index in [9.17, 15) is 4.79 Å². The molecule has 42 heavy (non-hydrogen) atoms. The summed E-state index contributed by atoms with van der Waals surface area (Å²) in [4.78, 5) is 15.2.